The molecule has 1 aromatic carbocycles. The first-order chi connectivity index (χ1) is 11.0. The van der Waals surface area contributed by atoms with Crippen molar-refractivity contribution in [1.29, 1.82) is 0 Å². The number of carbonyl (C=O) groups excluding carboxylic acids is 1. The van der Waals surface area contributed by atoms with Gasteiger partial charge in [-0.3, -0.25) is 0 Å². The predicted octanol–water partition coefficient (Wildman–Crippen LogP) is 2.20. The number of para-hydroxylation sites is 2. The van der Waals surface area contributed by atoms with Gasteiger partial charge in [0.1, 0.15) is 5.82 Å². The van der Waals surface area contributed by atoms with Crippen LogP contribution in [0, 0.1) is 6.92 Å². The molecule has 0 aliphatic rings. The molecule has 0 fully saturated rings. The topological polar surface area (TPSA) is 79.2 Å². The van der Waals surface area contributed by atoms with Crippen molar-refractivity contribution in [3.05, 3.63) is 30.1 Å². The number of benzene rings is 1. The molecule has 6 nitrogen and oxygen atoms in total. The van der Waals surface area contributed by atoms with E-state index in [9.17, 15) is 9.90 Å². The monoisotopic (exact) mass is 318 g/mol. The quantitative estimate of drug-likeness (QED) is 0.732. The number of nitrogens with zero attached hydrogens (tertiary/aromatic N) is 2. The van der Waals surface area contributed by atoms with E-state index in [2.05, 4.69) is 20.2 Å². The molecule has 0 radical (unpaired) electrons. The highest BCUT2D eigenvalue weighted by atomic mass is 16.3. The van der Waals surface area contributed by atoms with E-state index in [1.807, 2.05) is 45.0 Å². The number of aryl methyl sites for hydroxylation is 1. The Morgan fingerprint density at radius 2 is 2.13 bits per heavy atom. The fourth-order valence-corrected chi connectivity index (χ4v) is 2.81. The molecule has 2 aromatic rings. The molecule has 0 aliphatic heterocycles. The molecule has 1 aromatic heterocycles. The summed E-state index contributed by atoms with van der Waals surface area (Å²) in [5.41, 5.74) is 1.46. The van der Waals surface area contributed by atoms with Gasteiger partial charge < -0.3 is 20.3 Å². The number of imidazole rings is 1. The van der Waals surface area contributed by atoms with Gasteiger partial charge in [-0.1, -0.05) is 25.5 Å². The summed E-state index contributed by atoms with van der Waals surface area (Å²) < 4.78 is 2.09. The molecule has 6 heteroatoms. The minimum atomic E-state index is -0.573. The number of hydrogen-bond donors (Lipinski definition) is 3. The maximum absolute atomic E-state index is 12.0. The second kappa shape index (κ2) is 7.46. The third-order valence-electron chi connectivity index (χ3n) is 4.03. The molecule has 0 saturated carbocycles. The van der Waals surface area contributed by atoms with Gasteiger partial charge >= 0.3 is 6.03 Å². The number of aliphatic hydroxyl groups is 1. The van der Waals surface area contributed by atoms with Crippen molar-refractivity contribution in [3.63, 3.8) is 0 Å². The van der Waals surface area contributed by atoms with Crippen LogP contribution in [0.2, 0.25) is 0 Å². The van der Waals surface area contributed by atoms with E-state index in [-0.39, 0.29) is 12.6 Å². The first-order valence-corrected chi connectivity index (χ1v) is 8.08. The molecule has 1 atom stereocenters. The number of carbonyl (C=O) groups is 1. The first-order valence-electron chi connectivity index (χ1n) is 8.08. The number of nitrogens with one attached hydrogen (secondary N) is 2. The Hall–Kier alpha value is -2.08. The van der Waals surface area contributed by atoms with Gasteiger partial charge in [-0.25, -0.2) is 9.78 Å². The number of hydrogen-bond acceptors (Lipinski definition) is 3. The van der Waals surface area contributed by atoms with Crippen LogP contribution in [0.15, 0.2) is 24.3 Å². The van der Waals surface area contributed by atoms with E-state index in [1.165, 1.54) is 0 Å². The van der Waals surface area contributed by atoms with Crippen molar-refractivity contribution in [1.82, 2.24) is 20.2 Å². The van der Waals surface area contributed by atoms with Gasteiger partial charge in [-0.2, -0.15) is 0 Å². The highest BCUT2D eigenvalue weighted by Gasteiger charge is 2.24. The van der Waals surface area contributed by atoms with Crippen LogP contribution >= 0.6 is 0 Å². The molecule has 2 rings (SSSR count). The van der Waals surface area contributed by atoms with Crippen LogP contribution in [0.3, 0.4) is 0 Å². The number of rotatable bonds is 7. The number of fused-ring (bicyclic) bond motifs is 1. The van der Waals surface area contributed by atoms with E-state index >= 15 is 0 Å². The number of aliphatic hydroxyl groups excluding tert-OH is 1. The molecule has 126 valence electrons. The fourth-order valence-electron chi connectivity index (χ4n) is 2.81. The minimum Gasteiger partial charge on any atom is -0.394 e. The van der Waals surface area contributed by atoms with Crippen LogP contribution in [0.5, 0.6) is 0 Å². The zero-order valence-electron chi connectivity index (χ0n) is 14.1. The Morgan fingerprint density at radius 3 is 2.83 bits per heavy atom. The second-order valence-corrected chi connectivity index (χ2v) is 6.15. The molecule has 3 N–H and O–H groups in total. The second-order valence-electron chi connectivity index (χ2n) is 6.15. The normalized spacial score (nSPS) is 13.7. The molecule has 23 heavy (non-hydrogen) atoms. The average Bonchev–Trinajstić information content (AvgIpc) is 2.83. The summed E-state index contributed by atoms with van der Waals surface area (Å²) in [7, 11) is 0. The van der Waals surface area contributed by atoms with Crippen molar-refractivity contribution >= 4 is 17.1 Å². The van der Waals surface area contributed by atoms with Gasteiger partial charge in [0.2, 0.25) is 0 Å². The van der Waals surface area contributed by atoms with E-state index in [0.717, 1.165) is 29.7 Å². The maximum Gasteiger partial charge on any atom is 0.315 e. The highest BCUT2D eigenvalue weighted by Crippen LogP contribution is 2.15. The third-order valence-corrected chi connectivity index (χ3v) is 4.03. The van der Waals surface area contributed by atoms with Gasteiger partial charge in [0.05, 0.1) is 23.2 Å². The summed E-state index contributed by atoms with van der Waals surface area (Å²) in [5.74, 6) is 0.930. The Labute approximate surface area is 136 Å². The molecule has 0 bridgehead atoms. The van der Waals surface area contributed by atoms with Gasteiger partial charge in [-0.05, 0) is 32.4 Å². The lowest BCUT2D eigenvalue weighted by atomic mass is 9.98. The molecule has 1 unspecified atom stereocenters. The van der Waals surface area contributed by atoms with Crippen molar-refractivity contribution in [2.75, 3.05) is 13.2 Å². The lowest BCUT2D eigenvalue weighted by Crippen LogP contribution is -2.52. The van der Waals surface area contributed by atoms with Crippen LogP contribution in [0.4, 0.5) is 4.79 Å². The van der Waals surface area contributed by atoms with Crippen molar-refractivity contribution in [2.45, 2.75) is 45.7 Å². The van der Waals surface area contributed by atoms with Gasteiger partial charge in [0.25, 0.3) is 0 Å². The summed E-state index contributed by atoms with van der Waals surface area (Å²) in [6.45, 7) is 6.93. The smallest absolute Gasteiger partial charge is 0.315 e. The lowest BCUT2D eigenvalue weighted by Gasteiger charge is -2.28. The van der Waals surface area contributed by atoms with E-state index in [1.54, 1.807) is 0 Å². The van der Waals surface area contributed by atoms with E-state index in [4.69, 9.17) is 0 Å². The zero-order valence-corrected chi connectivity index (χ0v) is 14.1. The summed E-state index contributed by atoms with van der Waals surface area (Å²) in [4.78, 5) is 16.5. The molecule has 1 heterocycles. The maximum atomic E-state index is 12.0. The number of amides is 2. The molecular formula is C17H26N4O2. The minimum absolute atomic E-state index is 0.0699. The zero-order chi connectivity index (χ0) is 16.9. The van der Waals surface area contributed by atoms with Gasteiger partial charge in [0.15, 0.2) is 0 Å². The third kappa shape index (κ3) is 4.22. The SMILES string of the molecule is CCCC(C)(CO)NC(=O)NCCn1c(C)nc2ccccc21. The number of urea groups is 1. The summed E-state index contributed by atoms with van der Waals surface area (Å²) in [6, 6.07) is 7.71. The molecule has 0 spiro atoms. The summed E-state index contributed by atoms with van der Waals surface area (Å²) in [6.07, 6.45) is 1.64. The van der Waals surface area contributed by atoms with E-state index in [0.29, 0.717) is 13.1 Å². The molecular weight excluding hydrogens is 292 g/mol. The van der Waals surface area contributed by atoms with Crippen LogP contribution in [-0.4, -0.2) is 39.4 Å². The van der Waals surface area contributed by atoms with Crippen molar-refractivity contribution < 1.29 is 9.90 Å². The van der Waals surface area contributed by atoms with Gasteiger partial charge in [-0.15, -0.1) is 0 Å². The highest BCUT2D eigenvalue weighted by molar-refractivity contribution is 5.76. The fraction of sp³-hybridized carbons (Fsp3) is 0.529. The van der Waals surface area contributed by atoms with Crippen molar-refractivity contribution in [3.8, 4) is 0 Å². The lowest BCUT2D eigenvalue weighted by molar-refractivity contribution is 0.163. The van der Waals surface area contributed by atoms with Crippen LogP contribution < -0.4 is 10.6 Å². The van der Waals surface area contributed by atoms with Crippen LogP contribution in [-0.2, 0) is 6.54 Å². The summed E-state index contributed by atoms with van der Waals surface area (Å²) >= 11 is 0. The Bertz CT molecular complexity index is 668. The molecule has 0 saturated heterocycles. The average molecular weight is 318 g/mol. The van der Waals surface area contributed by atoms with Gasteiger partial charge in [0, 0.05) is 13.1 Å². The van der Waals surface area contributed by atoms with Crippen molar-refractivity contribution in [2.24, 2.45) is 0 Å². The first kappa shape index (κ1) is 17.3. The summed E-state index contributed by atoms with van der Waals surface area (Å²) in [5, 5.41) is 15.1. The Morgan fingerprint density at radius 1 is 1.39 bits per heavy atom. The Kier molecular flexibility index (Phi) is 5.60. The Balaban J connectivity index is 1.91. The number of aromatic nitrogens is 2. The molecule has 2 amide bonds. The standard InChI is InChI=1S/C17H26N4O2/c1-4-9-17(3,12-22)20-16(23)18-10-11-21-13(2)19-14-7-5-6-8-15(14)21/h5-8,22H,4,9-12H2,1-3H3,(H2,18,20,23). The molecule has 0 aliphatic carbocycles. The van der Waals surface area contributed by atoms with E-state index < -0.39 is 5.54 Å². The van der Waals surface area contributed by atoms with Crippen LogP contribution in [0.25, 0.3) is 11.0 Å². The van der Waals surface area contributed by atoms with Crippen LogP contribution in [0.1, 0.15) is 32.5 Å². The predicted molar refractivity (Wildman–Crippen MR) is 91.4 cm³/mol. The largest absolute Gasteiger partial charge is 0.394 e.